The average Bonchev–Trinajstić information content (AvgIpc) is 3.64. The lowest BCUT2D eigenvalue weighted by molar-refractivity contribution is 0.487. The molecule has 3 aliphatic rings. The zero-order valence-corrected chi connectivity index (χ0v) is 36.7. The van der Waals surface area contributed by atoms with Gasteiger partial charge in [0.25, 0.3) is 6.71 Å². The third-order valence-corrected chi connectivity index (χ3v) is 18.3. The van der Waals surface area contributed by atoms with Gasteiger partial charge in [0, 0.05) is 16.9 Å². The largest absolute Gasteiger partial charge is 0.458 e. The summed E-state index contributed by atoms with van der Waals surface area (Å²) < 4.78 is 50.1. The zero-order valence-electron chi connectivity index (χ0n) is 40.7. The molecule has 0 aromatic heterocycles. The molecule has 0 radical (unpaired) electrons. The van der Waals surface area contributed by atoms with Crippen LogP contribution in [0.1, 0.15) is 38.8 Å². The summed E-state index contributed by atoms with van der Waals surface area (Å²) in [5, 5.41) is 5.34. The van der Waals surface area contributed by atoms with Crippen LogP contribution >= 0.6 is 0 Å². The first kappa shape index (κ1) is 32.6. The molecule has 2 nitrogen and oxygen atoms in total. The molecule has 0 N–H and O–H groups in total. The van der Waals surface area contributed by atoms with E-state index in [2.05, 4.69) is 196 Å². The number of ether oxygens (including phenoxy) is 1. The molecule has 0 saturated carbocycles. The molecule has 9 aromatic rings. The number of hydrogen-bond acceptors (Lipinski definition) is 2. The van der Waals surface area contributed by atoms with E-state index < -0.39 is 14.1 Å². The maximum atomic E-state index is 8.89. The summed E-state index contributed by atoms with van der Waals surface area (Å²) in [5.41, 5.74) is 14.0. The maximum absolute atomic E-state index is 8.89. The van der Waals surface area contributed by atoms with E-state index in [-0.39, 0.29) is 41.9 Å². The molecule has 0 fully saturated rings. The minimum atomic E-state index is -2.93. The Morgan fingerprint density at radius 2 is 1.19 bits per heavy atom. The van der Waals surface area contributed by atoms with Gasteiger partial charge in [-0.3, -0.25) is 0 Å². The highest BCUT2D eigenvalue weighted by Gasteiger charge is 2.51. The normalized spacial score (nSPS) is 15.0. The topological polar surface area (TPSA) is 12.5 Å². The molecule has 300 valence electrons. The van der Waals surface area contributed by atoms with E-state index in [1.54, 1.807) is 0 Å². The molecule has 0 amide bonds. The van der Waals surface area contributed by atoms with Crippen molar-refractivity contribution in [3.8, 4) is 44.9 Å². The zero-order chi connectivity index (χ0) is 46.8. The first-order valence-corrected chi connectivity index (χ1v) is 23.8. The van der Waals surface area contributed by atoms with Crippen LogP contribution in [0.4, 0.5) is 17.1 Å². The number of nitrogens with zero attached hydrogens (tertiary/aromatic N) is 1. The average molecular weight is 829 g/mol. The highest BCUT2D eigenvalue weighted by atomic mass is 28.3. The third-order valence-electron chi connectivity index (χ3n) is 13.5. The van der Waals surface area contributed by atoms with Gasteiger partial charge in [-0.05, 0) is 125 Å². The summed E-state index contributed by atoms with van der Waals surface area (Å²) in [5.74, 6) is 1.33. The number of aryl methyl sites for hydroxylation is 1. The third kappa shape index (κ3) is 5.71. The number of rotatable bonds is 5. The van der Waals surface area contributed by atoms with Crippen molar-refractivity contribution in [1.29, 1.82) is 0 Å². The summed E-state index contributed by atoms with van der Waals surface area (Å²) in [7, 11) is -2.93. The van der Waals surface area contributed by atoms with Crippen LogP contribution in [-0.4, -0.2) is 14.8 Å². The first-order valence-electron chi connectivity index (χ1n) is 24.3. The van der Waals surface area contributed by atoms with Crippen molar-refractivity contribution in [2.75, 3.05) is 4.90 Å². The van der Waals surface area contributed by atoms with Gasteiger partial charge >= 0.3 is 0 Å². The van der Waals surface area contributed by atoms with Gasteiger partial charge in [0.1, 0.15) is 11.5 Å². The van der Waals surface area contributed by atoms with Gasteiger partial charge < -0.3 is 9.64 Å². The highest BCUT2D eigenvalue weighted by Crippen LogP contribution is 2.47. The van der Waals surface area contributed by atoms with Crippen LogP contribution < -0.4 is 46.8 Å². The van der Waals surface area contributed by atoms with Crippen LogP contribution in [0.5, 0.6) is 11.5 Å². The van der Waals surface area contributed by atoms with Crippen LogP contribution in [0.25, 0.3) is 33.4 Å². The molecular weight excluding hydrogens is 778 g/mol. The SMILES string of the molecule is [2H]c1c([2H])c([2H])c(-c2ccc3c(c2)Oc2cc(C)cc4c2B3c2cc3c(cc2N4c2ccc(C(C)(C)C)cc2-c2ccccc2)-c2ccccc2[Si]3(c2ccccc2)c2ccccc2)c([2H])c1[2H]. The van der Waals surface area contributed by atoms with Crippen LogP contribution in [0.2, 0.25) is 0 Å². The predicted octanol–water partition coefficient (Wildman–Crippen LogP) is 10.4. The molecule has 0 spiro atoms. The van der Waals surface area contributed by atoms with E-state index in [0.29, 0.717) is 11.3 Å². The summed E-state index contributed by atoms with van der Waals surface area (Å²) in [6, 6.07) is 62.5. The van der Waals surface area contributed by atoms with Crippen LogP contribution in [0.15, 0.2) is 206 Å². The van der Waals surface area contributed by atoms with Crippen molar-refractivity contribution >= 4 is 69.0 Å². The summed E-state index contributed by atoms with van der Waals surface area (Å²) in [4.78, 5) is 2.48. The van der Waals surface area contributed by atoms with E-state index in [0.717, 1.165) is 55.9 Å². The van der Waals surface area contributed by atoms with E-state index in [1.807, 2.05) is 12.1 Å². The lowest BCUT2D eigenvalue weighted by atomic mass is 9.34. The van der Waals surface area contributed by atoms with Gasteiger partial charge in [-0.1, -0.05) is 191 Å². The minimum absolute atomic E-state index is 0.0889. The van der Waals surface area contributed by atoms with E-state index >= 15 is 0 Å². The van der Waals surface area contributed by atoms with Crippen molar-refractivity contribution in [3.63, 3.8) is 0 Å². The predicted molar refractivity (Wildman–Crippen MR) is 269 cm³/mol. The number of hydrogen-bond donors (Lipinski definition) is 0. The molecule has 0 unspecified atom stereocenters. The fourth-order valence-electron chi connectivity index (χ4n) is 10.7. The van der Waals surface area contributed by atoms with E-state index in [1.165, 1.54) is 37.4 Å². The second-order valence-corrected chi connectivity index (χ2v) is 21.9. The lowest BCUT2D eigenvalue weighted by Gasteiger charge is -2.42. The van der Waals surface area contributed by atoms with Crippen LogP contribution in [0, 0.1) is 6.92 Å². The molecule has 9 aromatic carbocycles. The second-order valence-electron chi connectivity index (χ2n) is 18.2. The van der Waals surface area contributed by atoms with Crippen molar-refractivity contribution in [2.45, 2.75) is 33.1 Å². The standard InChI is InChI=1S/C59H46BNOSi/c1-39-33-53-58-55(34-39)62-54-35-42(40-19-9-5-10-20-40)29-31-49(54)60(58)50-38-57-48(37-52(50)61(53)51-32-30-43(59(2,3)4)36-47(51)41-21-11-6-12-22-41)46-27-17-18-28-56(46)63(57,44-23-13-7-14-24-44)45-25-15-8-16-26-45/h5-38H,1-4H3/i5D,9D,10D,19D,20D. The van der Waals surface area contributed by atoms with E-state index in [9.17, 15) is 0 Å². The minimum Gasteiger partial charge on any atom is -0.458 e. The van der Waals surface area contributed by atoms with E-state index in [4.69, 9.17) is 11.6 Å². The fourth-order valence-corrected chi connectivity index (χ4v) is 15.9. The Kier molecular flexibility index (Phi) is 7.34. The van der Waals surface area contributed by atoms with Gasteiger partial charge in [-0.15, -0.1) is 0 Å². The smallest absolute Gasteiger partial charge is 0.256 e. The molecule has 3 heterocycles. The maximum Gasteiger partial charge on any atom is 0.256 e. The number of anilines is 3. The Bertz CT molecular complexity index is 3490. The van der Waals surface area contributed by atoms with Gasteiger partial charge in [0.2, 0.25) is 0 Å². The Labute approximate surface area is 379 Å². The summed E-state index contributed by atoms with van der Waals surface area (Å²) in [6.07, 6.45) is 0. The fraction of sp³-hybridized carbons (Fsp3) is 0.0847. The van der Waals surface area contributed by atoms with Gasteiger partial charge in [-0.25, -0.2) is 0 Å². The Morgan fingerprint density at radius 1 is 0.508 bits per heavy atom. The molecule has 4 heteroatoms. The van der Waals surface area contributed by atoms with Gasteiger partial charge in [0.05, 0.1) is 12.5 Å². The van der Waals surface area contributed by atoms with Gasteiger partial charge in [-0.2, -0.15) is 0 Å². The molecule has 3 aliphatic heterocycles. The highest BCUT2D eigenvalue weighted by molar-refractivity contribution is 7.22. The monoisotopic (exact) mass is 828 g/mol. The molecule has 63 heavy (non-hydrogen) atoms. The summed E-state index contributed by atoms with van der Waals surface area (Å²) >= 11 is 0. The first-order chi connectivity index (χ1) is 32.9. The molecule has 12 rings (SSSR count). The molecular formula is C59H46BNOSi. The number of benzene rings is 9. The Balaban J connectivity index is 1.20. The van der Waals surface area contributed by atoms with Crippen molar-refractivity contribution in [2.24, 2.45) is 0 Å². The lowest BCUT2D eigenvalue weighted by Crippen LogP contribution is -2.73. The molecule has 0 bridgehead atoms. The van der Waals surface area contributed by atoms with Crippen molar-refractivity contribution in [3.05, 3.63) is 217 Å². The van der Waals surface area contributed by atoms with Crippen molar-refractivity contribution < 1.29 is 11.6 Å². The molecule has 0 saturated heterocycles. The summed E-state index contributed by atoms with van der Waals surface area (Å²) in [6.45, 7) is 8.64. The van der Waals surface area contributed by atoms with Crippen molar-refractivity contribution in [1.82, 2.24) is 0 Å². The molecule has 0 atom stereocenters. The number of fused-ring (bicyclic) bond motifs is 7. The molecule has 0 aliphatic carbocycles. The Hall–Kier alpha value is -7.14. The Morgan fingerprint density at radius 3 is 1.90 bits per heavy atom. The quantitative estimate of drug-likeness (QED) is 0.160. The second kappa shape index (κ2) is 14.2. The van der Waals surface area contributed by atoms with Gasteiger partial charge in [0.15, 0.2) is 8.07 Å². The van der Waals surface area contributed by atoms with Crippen LogP contribution in [-0.2, 0) is 5.41 Å². The van der Waals surface area contributed by atoms with Crippen LogP contribution in [0.3, 0.4) is 0 Å².